The van der Waals surface area contributed by atoms with Crippen LogP contribution < -0.4 is 19.1 Å². The lowest BCUT2D eigenvalue weighted by Crippen LogP contribution is -2.44. The Bertz CT molecular complexity index is 1500. The lowest BCUT2D eigenvalue weighted by atomic mass is 9.83. The fourth-order valence-corrected chi connectivity index (χ4v) is 6.06. The summed E-state index contributed by atoms with van der Waals surface area (Å²) in [5, 5.41) is 0. The van der Waals surface area contributed by atoms with Crippen molar-refractivity contribution in [3.05, 3.63) is 89.6 Å². The monoisotopic (exact) mass is 494 g/mol. The number of hydrogen-bond acceptors (Lipinski definition) is 7. The van der Waals surface area contributed by atoms with E-state index in [1.165, 1.54) is 4.90 Å². The fourth-order valence-electron chi connectivity index (χ4n) is 6.06. The molecule has 3 aromatic carbocycles. The van der Waals surface area contributed by atoms with Crippen molar-refractivity contribution in [3.63, 3.8) is 0 Å². The average molecular weight is 495 g/mol. The van der Waals surface area contributed by atoms with Crippen LogP contribution in [0, 0.1) is 11.8 Å². The first-order chi connectivity index (χ1) is 18.1. The first-order valence-electron chi connectivity index (χ1n) is 12.1. The van der Waals surface area contributed by atoms with Crippen LogP contribution in [0.5, 0.6) is 17.2 Å². The van der Waals surface area contributed by atoms with Gasteiger partial charge in [-0.25, -0.2) is 4.90 Å². The summed E-state index contributed by atoms with van der Waals surface area (Å²) in [6.07, 6.45) is 3.79. The molecule has 4 heterocycles. The normalized spacial score (nSPS) is 24.7. The third-order valence-electron chi connectivity index (χ3n) is 7.72. The Kier molecular flexibility index (Phi) is 4.66. The van der Waals surface area contributed by atoms with Crippen LogP contribution in [0.1, 0.15) is 27.5 Å². The molecule has 0 spiro atoms. The molecule has 0 aliphatic carbocycles. The lowest BCUT2D eigenvalue weighted by Gasteiger charge is -2.35. The predicted molar refractivity (Wildman–Crippen MR) is 133 cm³/mol. The number of fused-ring (bicyclic) bond motifs is 6. The van der Waals surface area contributed by atoms with Crippen molar-refractivity contribution in [1.29, 1.82) is 0 Å². The summed E-state index contributed by atoms with van der Waals surface area (Å²) in [6, 6.07) is 18.4. The molecule has 8 heteroatoms. The molecular weight excluding hydrogens is 472 g/mol. The molecule has 4 aliphatic heterocycles. The fraction of sp³-hybridized carbons (Fsp3) is 0.207. The zero-order valence-corrected chi connectivity index (χ0v) is 19.9. The number of methoxy groups -OCH3 is 1. The quantitative estimate of drug-likeness (QED) is 0.403. The van der Waals surface area contributed by atoms with Crippen molar-refractivity contribution >= 4 is 29.4 Å². The minimum absolute atomic E-state index is 0.0878. The molecule has 3 aromatic rings. The Morgan fingerprint density at radius 2 is 1.68 bits per heavy atom. The van der Waals surface area contributed by atoms with E-state index in [1.54, 1.807) is 49.6 Å². The molecule has 2 fully saturated rings. The Morgan fingerprint density at radius 3 is 2.49 bits per heavy atom. The number of benzene rings is 3. The summed E-state index contributed by atoms with van der Waals surface area (Å²) in [7, 11) is 1.56. The van der Waals surface area contributed by atoms with Crippen LogP contribution in [0.2, 0.25) is 0 Å². The third-order valence-corrected chi connectivity index (χ3v) is 7.72. The molecule has 0 saturated carbocycles. The minimum atomic E-state index is -0.840. The van der Waals surface area contributed by atoms with E-state index in [0.717, 1.165) is 11.1 Å². The van der Waals surface area contributed by atoms with Crippen molar-refractivity contribution in [2.24, 2.45) is 11.8 Å². The standard InChI is InChI=1S/C29H22N2O6/c1-35-19-9-6-17(7-10-19)27(32)26-24-23(25-20-5-3-2-4-16(20)12-13-30(25)26)28(33)31(29(24)34)18-8-11-21-22(14-18)37-15-36-21/h2-14,23-26H,15H2,1H3. The Balaban J connectivity index is 1.34. The van der Waals surface area contributed by atoms with Crippen molar-refractivity contribution in [2.45, 2.75) is 12.1 Å². The minimum Gasteiger partial charge on any atom is -0.497 e. The molecule has 4 unspecified atom stereocenters. The van der Waals surface area contributed by atoms with Gasteiger partial charge in [0.15, 0.2) is 17.3 Å². The molecule has 184 valence electrons. The summed E-state index contributed by atoms with van der Waals surface area (Å²) < 4.78 is 16.1. The topological polar surface area (TPSA) is 85.4 Å². The van der Waals surface area contributed by atoms with Gasteiger partial charge in [-0.05, 0) is 53.6 Å². The van der Waals surface area contributed by atoms with E-state index >= 15 is 0 Å². The molecule has 37 heavy (non-hydrogen) atoms. The number of ketones is 1. The number of amides is 2. The van der Waals surface area contributed by atoms with Crippen LogP contribution in [0.15, 0.2) is 72.9 Å². The van der Waals surface area contributed by atoms with Crippen molar-refractivity contribution in [2.75, 3.05) is 18.8 Å². The average Bonchev–Trinajstić information content (AvgIpc) is 3.61. The number of rotatable bonds is 4. The lowest BCUT2D eigenvalue weighted by molar-refractivity contribution is -0.123. The molecule has 0 bridgehead atoms. The first kappa shape index (κ1) is 21.7. The highest BCUT2D eigenvalue weighted by atomic mass is 16.7. The molecular formula is C29H22N2O6. The van der Waals surface area contributed by atoms with Crippen molar-refractivity contribution in [3.8, 4) is 17.2 Å². The van der Waals surface area contributed by atoms with Gasteiger partial charge in [0.25, 0.3) is 0 Å². The number of carbonyl (C=O) groups is 3. The number of anilines is 1. The highest BCUT2D eigenvalue weighted by molar-refractivity contribution is 6.24. The maximum absolute atomic E-state index is 14.0. The first-order valence-corrected chi connectivity index (χ1v) is 12.1. The molecule has 2 saturated heterocycles. The number of Topliss-reactive ketones (excluding diaryl/α,β-unsaturated/α-hetero) is 1. The number of imide groups is 1. The van der Waals surface area contributed by atoms with E-state index in [0.29, 0.717) is 28.5 Å². The molecule has 4 atom stereocenters. The van der Waals surface area contributed by atoms with Crippen LogP contribution in [0.3, 0.4) is 0 Å². The summed E-state index contributed by atoms with van der Waals surface area (Å²) in [5.41, 5.74) is 2.77. The maximum Gasteiger partial charge on any atom is 0.240 e. The van der Waals surface area contributed by atoms with Gasteiger partial charge in [0.2, 0.25) is 18.6 Å². The highest BCUT2D eigenvalue weighted by Crippen LogP contribution is 2.54. The smallest absolute Gasteiger partial charge is 0.240 e. The molecule has 8 nitrogen and oxygen atoms in total. The second-order valence-corrected chi connectivity index (χ2v) is 9.48. The van der Waals surface area contributed by atoms with Crippen molar-refractivity contribution < 1.29 is 28.6 Å². The Morgan fingerprint density at radius 1 is 0.919 bits per heavy atom. The molecule has 2 amide bonds. The van der Waals surface area contributed by atoms with E-state index in [2.05, 4.69) is 0 Å². The van der Waals surface area contributed by atoms with Gasteiger partial charge < -0.3 is 19.1 Å². The molecule has 0 aromatic heterocycles. The van der Waals surface area contributed by atoms with E-state index < -0.39 is 23.9 Å². The Hall–Kier alpha value is -4.59. The van der Waals surface area contributed by atoms with E-state index in [1.807, 2.05) is 41.4 Å². The third kappa shape index (κ3) is 3.05. The number of hydrogen-bond donors (Lipinski definition) is 0. The molecule has 0 N–H and O–H groups in total. The van der Waals surface area contributed by atoms with Crippen LogP contribution in [0.4, 0.5) is 5.69 Å². The second-order valence-electron chi connectivity index (χ2n) is 9.48. The molecule has 4 aliphatic rings. The highest BCUT2D eigenvalue weighted by Gasteiger charge is 2.64. The van der Waals surface area contributed by atoms with Gasteiger partial charge in [0, 0.05) is 17.8 Å². The Labute approximate surface area is 212 Å². The second kappa shape index (κ2) is 7.96. The van der Waals surface area contributed by atoms with Crippen LogP contribution in [0.25, 0.3) is 6.08 Å². The van der Waals surface area contributed by atoms with Gasteiger partial charge in [0.1, 0.15) is 11.8 Å². The van der Waals surface area contributed by atoms with E-state index in [-0.39, 0.29) is 24.4 Å². The number of ether oxygens (including phenoxy) is 3. The van der Waals surface area contributed by atoms with Crippen LogP contribution >= 0.6 is 0 Å². The summed E-state index contributed by atoms with van der Waals surface area (Å²) >= 11 is 0. The van der Waals surface area contributed by atoms with Gasteiger partial charge in [-0.3, -0.25) is 14.4 Å². The molecule has 0 radical (unpaired) electrons. The maximum atomic E-state index is 14.0. The zero-order valence-electron chi connectivity index (χ0n) is 19.9. The predicted octanol–water partition coefficient (Wildman–Crippen LogP) is 3.82. The van der Waals surface area contributed by atoms with Gasteiger partial charge in [0.05, 0.1) is 30.7 Å². The largest absolute Gasteiger partial charge is 0.497 e. The van der Waals surface area contributed by atoms with E-state index in [4.69, 9.17) is 14.2 Å². The van der Waals surface area contributed by atoms with Crippen LogP contribution in [-0.4, -0.2) is 42.4 Å². The van der Waals surface area contributed by atoms with Crippen LogP contribution in [-0.2, 0) is 9.59 Å². The van der Waals surface area contributed by atoms with E-state index in [9.17, 15) is 14.4 Å². The zero-order chi connectivity index (χ0) is 25.3. The SMILES string of the molecule is COc1ccc(C(=O)C2C3C(=O)N(c4ccc5c(c4)OCO5)C(=O)C3C3c4ccccc4C=CN23)cc1. The van der Waals surface area contributed by atoms with Gasteiger partial charge in [-0.2, -0.15) is 0 Å². The van der Waals surface area contributed by atoms with Crippen molar-refractivity contribution in [1.82, 2.24) is 4.90 Å². The van der Waals surface area contributed by atoms with Gasteiger partial charge in [-0.1, -0.05) is 24.3 Å². The number of carbonyl (C=O) groups excluding carboxylic acids is 3. The van der Waals surface area contributed by atoms with Gasteiger partial charge >= 0.3 is 0 Å². The summed E-state index contributed by atoms with van der Waals surface area (Å²) in [4.78, 5) is 45.1. The summed E-state index contributed by atoms with van der Waals surface area (Å²) in [6.45, 7) is 0.0878. The summed E-state index contributed by atoms with van der Waals surface area (Å²) in [5.74, 6) is -0.796. The molecule has 7 rings (SSSR count). The van der Waals surface area contributed by atoms with Gasteiger partial charge in [-0.15, -0.1) is 0 Å². The number of nitrogens with zero attached hydrogens (tertiary/aromatic N) is 2.